The lowest BCUT2D eigenvalue weighted by molar-refractivity contribution is -0.118. The molecule has 0 bridgehead atoms. The predicted octanol–water partition coefficient (Wildman–Crippen LogP) is 3.39. The minimum Gasteiger partial charge on any atom is -0.374 e. The molecule has 1 N–H and O–H groups in total. The summed E-state index contributed by atoms with van der Waals surface area (Å²) in [6.45, 7) is 1.13. The van der Waals surface area contributed by atoms with Crippen molar-refractivity contribution in [2.45, 2.75) is 51.4 Å². The largest absolute Gasteiger partial charge is 0.374 e. The molecule has 0 saturated heterocycles. The smallest absolute Gasteiger partial charge is 0.235 e. The van der Waals surface area contributed by atoms with E-state index in [0.29, 0.717) is 19.3 Å². The minimum atomic E-state index is -0.144. The van der Waals surface area contributed by atoms with Crippen LogP contribution in [0.2, 0.25) is 0 Å². The second kappa shape index (κ2) is 8.28. The summed E-state index contributed by atoms with van der Waals surface area (Å²) in [6, 6.07) is 8.07. The molecule has 1 fully saturated rings. The first-order chi connectivity index (χ1) is 9.79. The second-order valence-electron chi connectivity index (χ2n) is 5.25. The van der Waals surface area contributed by atoms with Gasteiger partial charge in [0.2, 0.25) is 5.91 Å². The molecule has 2 rings (SSSR count). The molecule has 1 aromatic rings. The van der Waals surface area contributed by atoms with E-state index in [0.717, 1.165) is 11.1 Å². The van der Waals surface area contributed by atoms with Gasteiger partial charge < -0.3 is 10.1 Å². The summed E-state index contributed by atoms with van der Waals surface area (Å²) in [7, 11) is 0. The molecular weight excluding hydrogens is 274 g/mol. The molecule has 0 heterocycles. The Morgan fingerprint density at radius 2 is 1.90 bits per heavy atom. The van der Waals surface area contributed by atoms with Gasteiger partial charge in [0.25, 0.3) is 0 Å². The lowest BCUT2D eigenvalue weighted by atomic mass is 9.98. The van der Waals surface area contributed by atoms with E-state index in [-0.39, 0.29) is 11.8 Å². The van der Waals surface area contributed by atoms with Gasteiger partial charge in [-0.05, 0) is 24.0 Å². The highest BCUT2D eigenvalue weighted by atomic mass is 35.5. The van der Waals surface area contributed by atoms with Gasteiger partial charge in [-0.1, -0.05) is 43.5 Å². The number of halogens is 1. The Kier molecular flexibility index (Phi) is 6.34. The summed E-state index contributed by atoms with van der Waals surface area (Å²) < 4.78 is 6.00. The number of hydrogen-bond donors (Lipinski definition) is 1. The lowest BCUT2D eigenvalue weighted by Crippen LogP contribution is -2.24. The number of carbonyl (C=O) groups excluding carboxylic acids is 1. The van der Waals surface area contributed by atoms with Gasteiger partial charge in [-0.15, -0.1) is 11.6 Å². The Labute approximate surface area is 125 Å². The summed E-state index contributed by atoms with van der Waals surface area (Å²) in [4.78, 5) is 11.2. The van der Waals surface area contributed by atoms with E-state index in [9.17, 15) is 4.79 Å². The molecule has 1 aliphatic carbocycles. The van der Waals surface area contributed by atoms with Crippen LogP contribution in [0.1, 0.15) is 43.2 Å². The maximum atomic E-state index is 11.2. The van der Waals surface area contributed by atoms with Crippen LogP contribution in [-0.4, -0.2) is 17.9 Å². The normalized spacial score (nSPS) is 16.1. The van der Waals surface area contributed by atoms with Gasteiger partial charge in [-0.2, -0.15) is 0 Å². The molecule has 1 amide bonds. The Morgan fingerprint density at radius 3 is 2.60 bits per heavy atom. The fourth-order valence-electron chi connectivity index (χ4n) is 2.55. The Hall–Kier alpha value is -1.06. The van der Waals surface area contributed by atoms with E-state index in [1.165, 1.54) is 32.1 Å². The van der Waals surface area contributed by atoms with Crippen LogP contribution in [0.4, 0.5) is 0 Å². The number of nitrogens with one attached hydrogen (secondary N) is 1. The van der Waals surface area contributed by atoms with Gasteiger partial charge in [0.05, 0.1) is 12.7 Å². The highest BCUT2D eigenvalue weighted by Crippen LogP contribution is 2.22. The first-order valence-electron chi connectivity index (χ1n) is 7.30. The first-order valence-corrected chi connectivity index (χ1v) is 7.84. The van der Waals surface area contributed by atoms with E-state index in [1.54, 1.807) is 0 Å². The highest BCUT2D eigenvalue weighted by Gasteiger charge is 2.14. The summed E-state index contributed by atoms with van der Waals surface area (Å²) in [5.41, 5.74) is 2.25. The van der Waals surface area contributed by atoms with Crippen LogP contribution >= 0.6 is 11.6 Å². The third-order valence-corrected chi connectivity index (χ3v) is 3.99. The maximum absolute atomic E-state index is 11.2. The predicted molar refractivity (Wildman–Crippen MR) is 80.7 cm³/mol. The van der Waals surface area contributed by atoms with Crippen molar-refractivity contribution in [3.05, 3.63) is 35.4 Å². The number of amides is 1. The zero-order valence-electron chi connectivity index (χ0n) is 11.7. The quantitative estimate of drug-likeness (QED) is 0.817. The van der Waals surface area contributed by atoms with Crippen molar-refractivity contribution in [3.8, 4) is 0 Å². The molecule has 0 spiro atoms. The Balaban J connectivity index is 1.87. The van der Waals surface area contributed by atoms with Gasteiger partial charge in [0.15, 0.2) is 0 Å². The van der Waals surface area contributed by atoms with Crippen molar-refractivity contribution >= 4 is 17.5 Å². The van der Waals surface area contributed by atoms with Crippen molar-refractivity contribution in [3.63, 3.8) is 0 Å². The van der Waals surface area contributed by atoms with Gasteiger partial charge in [0.1, 0.15) is 5.88 Å². The number of ether oxygens (including phenoxy) is 1. The Morgan fingerprint density at radius 1 is 1.20 bits per heavy atom. The van der Waals surface area contributed by atoms with Gasteiger partial charge in [-0.3, -0.25) is 4.79 Å². The zero-order chi connectivity index (χ0) is 14.2. The maximum Gasteiger partial charge on any atom is 0.235 e. The summed E-state index contributed by atoms with van der Waals surface area (Å²) in [5.74, 6) is -0.143. The summed E-state index contributed by atoms with van der Waals surface area (Å²) in [5, 5.41) is 2.80. The van der Waals surface area contributed by atoms with Gasteiger partial charge in [-0.25, -0.2) is 0 Å². The molecule has 0 atom stereocenters. The third-order valence-electron chi connectivity index (χ3n) is 3.74. The molecule has 1 aromatic carbocycles. The summed E-state index contributed by atoms with van der Waals surface area (Å²) in [6.07, 6.45) is 6.63. The summed E-state index contributed by atoms with van der Waals surface area (Å²) >= 11 is 5.48. The zero-order valence-corrected chi connectivity index (χ0v) is 12.5. The SMILES string of the molecule is O=C(CCl)NCc1ccccc1COC1CCCCC1. The Bertz CT molecular complexity index is 430. The first kappa shape index (κ1) is 15.3. The van der Waals surface area contributed by atoms with Crippen molar-refractivity contribution in [1.82, 2.24) is 5.32 Å². The molecule has 4 heteroatoms. The molecule has 0 aliphatic heterocycles. The number of carbonyl (C=O) groups is 1. The van der Waals surface area contributed by atoms with E-state index >= 15 is 0 Å². The molecule has 0 aromatic heterocycles. The van der Waals surface area contributed by atoms with Crippen molar-refractivity contribution < 1.29 is 9.53 Å². The molecule has 110 valence electrons. The fourth-order valence-corrected chi connectivity index (χ4v) is 2.65. The standard InChI is InChI=1S/C16H22ClNO2/c17-10-16(19)18-11-13-6-4-5-7-14(13)12-20-15-8-2-1-3-9-15/h4-7,15H,1-3,8-12H2,(H,18,19). The minimum absolute atomic E-state index is 0.000735. The molecule has 0 radical (unpaired) electrons. The van der Waals surface area contributed by atoms with Crippen LogP contribution in [0.15, 0.2) is 24.3 Å². The van der Waals surface area contributed by atoms with Crippen LogP contribution in [0.5, 0.6) is 0 Å². The van der Waals surface area contributed by atoms with E-state index in [4.69, 9.17) is 16.3 Å². The molecule has 1 aliphatic rings. The average molecular weight is 296 g/mol. The molecular formula is C16H22ClNO2. The van der Waals surface area contributed by atoms with Crippen molar-refractivity contribution in [2.75, 3.05) is 5.88 Å². The van der Waals surface area contributed by atoms with Crippen molar-refractivity contribution in [1.29, 1.82) is 0 Å². The van der Waals surface area contributed by atoms with E-state index < -0.39 is 0 Å². The van der Waals surface area contributed by atoms with Crippen LogP contribution in [-0.2, 0) is 22.7 Å². The average Bonchev–Trinajstić information content (AvgIpc) is 2.52. The topological polar surface area (TPSA) is 38.3 Å². The second-order valence-corrected chi connectivity index (χ2v) is 5.52. The lowest BCUT2D eigenvalue weighted by Gasteiger charge is -2.22. The molecule has 20 heavy (non-hydrogen) atoms. The number of rotatable bonds is 6. The number of hydrogen-bond acceptors (Lipinski definition) is 2. The van der Waals surface area contributed by atoms with Crippen LogP contribution in [0.3, 0.4) is 0 Å². The van der Waals surface area contributed by atoms with E-state index in [1.807, 2.05) is 18.2 Å². The van der Waals surface area contributed by atoms with Crippen LogP contribution < -0.4 is 5.32 Å². The van der Waals surface area contributed by atoms with Gasteiger partial charge in [0, 0.05) is 6.54 Å². The fraction of sp³-hybridized carbons (Fsp3) is 0.562. The number of alkyl halides is 1. The molecule has 1 saturated carbocycles. The highest BCUT2D eigenvalue weighted by molar-refractivity contribution is 6.27. The number of benzene rings is 1. The van der Waals surface area contributed by atoms with E-state index in [2.05, 4.69) is 11.4 Å². The third kappa shape index (κ3) is 4.80. The van der Waals surface area contributed by atoms with Crippen molar-refractivity contribution in [2.24, 2.45) is 0 Å². The molecule has 0 unspecified atom stereocenters. The van der Waals surface area contributed by atoms with Crippen LogP contribution in [0.25, 0.3) is 0 Å². The van der Waals surface area contributed by atoms with Crippen LogP contribution in [0, 0.1) is 0 Å². The monoisotopic (exact) mass is 295 g/mol. The molecule has 3 nitrogen and oxygen atoms in total. The van der Waals surface area contributed by atoms with Gasteiger partial charge >= 0.3 is 0 Å².